The summed E-state index contributed by atoms with van der Waals surface area (Å²) in [5.74, 6) is -1.70. The van der Waals surface area contributed by atoms with Crippen molar-refractivity contribution >= 4 is 22.9 Å². The maximum atomic E-state index is 13.0. The standard InChI is InChI=1S/C26H31N3O4/c1-17(2)12-13-19(26(32)33)15-24(30)22(14-18-8-4-3-5-9-18)29-25(31)23-16-27-20-10-6-7-11-21(20)28-23/h3-11,16-17,19,22,24,30H,12-15H2,1-2H3,(H,29,31)(H,32,33). The first kappa shape index (κ1) is 24.3. The van der Waals surface area contributed by atoms with Gasteiger partial charge in [0.05, 0.1) is 35.3 Å². The molecule has 0 aliphatic carbocycles. The number of aliphatic hydroxyl groups excluding tert-OH is 1. The number of aromatic nitrogens is 2. The van der Waals surface area contributed by atoms with Crippen LogP contribution in [0, 0.1) is 11.8 Å². The predicted molar refractivity (Wildman–Crippen MR) is 127 cm³/mol. The van der Waals surface area contributed by atoms with Crippen LogP contribution >= 0.6 is 0 Å². The average molecular weight is 450 g/mol. The Bertz CT molecular complexity index is 1070. The van der Waals surface area contributed by atoms with Crippen LogP contribution in [0.1, 0.15) is 49.2 Å². The molecular formula is C26H31N3O4. The molecule has 3 unspecified atom stereocenters. The van der Waals surface area contributed by atoms with Crippen molar-refractivity contribution in [1.29, 1.82) is 0 Å². The lowest BCUT2D eigenvalue weighted by Gasteiger charge is -2.26. The van der Waals surface area contributed by atoms with Gasteiger partial charge in [0.25, 0.3) is 5.91 Å². The molecule has 0 saturated carbocycles. The molecular weight excluding hydrogens is 418 g/mol. The Kier molecular flexibility index (Phi) is 8.49. The molecule has 0 spiro atoms. The van der Waals surface area contributed by atoms with Crippen molar-refractivity contribution < 1.29 is 19.8 Å². The number of nitrogens with one attached hydrogen (secondary N) is 1. The largest absolute Gasteiger partial charge is 0.481 e. The molecule has 2 aromatic carbocycles. The van der Waals surface area contributed by atoms with E-state index < -0.39 is 29.9 Å². The third kappa shape index (κ3) is 7.08. The highest BCUT2D eigenvalue weighted by molar-refractivity contribution is 5.94. The van der Waals surface area contributed by atoms with E-state index in [0.717, 1.165) is 12.0 Å². The highest BCUT2D eigenvalue weighted by Gasteiger charge is 2.29. The quantitative estimate of drug-likeness (QED) is 0.410. The van der Waals surface area contributed by atoms with Gasteiger partial charge in [0.15, 0.2) is 0 Å². The van der Waals surface area contributed by atoms with Crippen molar-refractivity contribution in [3.63, 3.8) is 0 Å². The number of hydrogen-bond donors (Lipinski definition) is 3. The van der Waals surface area contributed by atoms with Crippen LogP contribution in [0.4, 0.5) is 0 Å². The fraction of sp³-hybridized carbons (Fsp3) is 0.385. The number of rotatable bonds is 11. The molecule has 3 aromatic rings. The Morgan fingerprint density at radius 2 is 1.64 bits per heavy atom. The summed E-state index contributed by atoms with van der Waals surface area (Å²) in [5.41, 5.74) is 2.36. The second kappa shape index (κ2) is 11.5. The van der Waals surface area contributed by atoms with Crippen molar-refractivity contribution in [2.45, 2.75) is 51.7 Å². The molecule has 7 heteroatoms. The van der Waals surface area contributed by atoms with Gasteiger partial charge in [-0.1, -0.05) is 62.7 Å². The summed E-state index contributed by atoms with van der Waals surface area (Å²) in [6.45, 7) is 4.08. The number of aliphatic hydroxyl groups is 1. The number of fused-ring (bicyclic) bond motifs is 1. The predicted octanol–water partition coefficient (Wildman–Crippen LogP) is 3.86. The zero-order valence-electron chi connectivity index (χ0n) is 19.0. The van der Waals surface area contributed by atoms with Crippen molar-refractivity contribution in [2.75, 3.05) is 0 Å². The molecule has 3 N–H and O–H groups in total. The summed E-state index contributed by atoms with van der Waals surface area (Å²) in [4.78, 5) is 33.4. The van der Waals surface area contributed by atoms with Crippen LogP contribution in [0.25, 0.3) is 11.0 Å². The molecule has 3 atom stereocenters. The second-order valence-electron chi connectivity index (χ2n) is 8.82. The average Bonchev–Trinajstić information content (AvgIpc) is 2.81. The van der Waals surface area contributed by atoms with E-state index in [1.165, 1.54) is 6.20 Å². The summed E-state index contributed by atoms with van der Waals surface area (Å²) in [5, 5.41) is 23.5. The first-order chi connectivity index (χ1) is 15.8. The molecule has 0 fully saturated rings. The third-order valence-corrected chi connectivity index (χ3v) is 5.73. The van der Waals surface area contributed by atoms with E-state index in [1.54, 1.807) is 6.07 Å². The number of aliphatic carboxylic acids is 1. The van der Waals surface area contributed by atoms with Gasteiger partial charge < -0.3 is 15.5 Å². The molecule has 0 radical (unpaired) electrons. The summed E-state index contributed by atoms with van der Waals surface area (Å²) in [7, 11) is 0. The van der Waals surface area contributed by atoms with Crippen molar-refractivity contribution in [3.05, 3.63) is 72.1 Å². The zero-order valence-corrected chi connectivity index (χ0v) is 19.0. The van der Waals surface area contributed by atoms with E-state index in [9.17, 15) is 19.8 Å². The van der Waals surface area contributed by atoms with Gasteiger partial charge >= 0.3 is 5.97 Å². The topological polar surface area (TPSA) is 112 Å². The SMILES string of the molecule is CC(C)CCC(CC(O)C(Cc1ccccc1)NC(=O)c1cnc2ccccc2n1)C(=O)O. The van der Waals surface area contributed by atoms with Gasteiger partial charge in [-0.25, -0.2) is 4.98 Å². The number of benzene rings is 2. The number of para-hydroxylation sites is 2. The number of carbonyl (C=O) groups is 2. The molecule has 3 rings (SSSR count). The Balaban J connectivity index is 1.78. The van der Waals surface area contributed by atoms with E-state index >= 15 is 0 Å². The lowest BCUT2D eigenvalue weighted by atomic mass is 9.89. The van der Waals surface area contributed by atoms with E-state index in [0.29, 0.717) is 29.8 Å². The first-order valence-electron chi connectivity index (χ1n) is 11.3. The van der Waals surface area contributed by atoms with Gasteiger partial charge in [-0.15, -0.1) is 0 Å². The van der Waals surface area contributed by atoms with Crippen LogP contribution in [0.15, 0.2) is 60.8 Å². The number of carboxylic acid groups (broad SMARTS) is 1. The number of carbonyl (C=O) groups excluding carboxylic acids is 1. The minimum atomic E-state index is -1.03. The highest BCUT2D eigenvalue weighted by Crippen LogP contribution is 2.21. The first-order valence-corrected chi connectivity index (χ1v) is 11.3. The zero-order chi connectivity index (χ0) is 23.8. The Morgan fingerprint density at radius 1 is 0.970 bits per heavy atom. The van der Waals surface area contributed by atoms with Crippen molar-refractivity contribution in [2.24, 2.45) is 11.8 Å². The summed E-state index contributed by atoms with van der Waals surface area (Å²) in [6, 6.07) is 16.1. The van der Waals surface area contributed by atoms with E-state index in [1.807, 2.05) is 62.4 Å². The van der Waals surface area contributed by atoms with Gasteiger partial charge in [-0.05, 0) is 42.9 Å². The van der Waals surface area contributed by atoms with Gasteiger partial charge in [0.1, 0.15) is 5.69 Å². The molecule has 174 valence electrons. The van der Waals surface area contributed by atoms with Crippen LogP contribution in [-0.4, -0.2) is 44.2 Å². The summed E-state index contributed by atoms with van der Waals surface area (Å²) in [6.07, 6.45) is 2.04. The lowest BCUT2D eigenvalue weighted by Crippen LogP contribution is -2.46. The summed E-state index contributed by atoms with van der Waals surface area (Å²) >= 11 is 0. The molecule has 1 aromatic heterocycles. The maximum absolute atomic E-state index is 13.0. The summed E-state index contributed by atoms with van der Waals surface area (Å²) < 4.78 is 0. The van der Waals surface area contributed by atoms with Crippen LogP contribution in [0.3, 0.4) is 0 Å². The number of amides is 1. The van der Waals surface area contributed by atoms with Gasteiger partial charge in [-0.3, -0.25) is 14.6 Å². The van der Waals surface area contributed by atoms with E-state index in [-0.39, 0.29) is 12.1 Å². The minimum absolute atomic E-state index is 0.0588. The Morgan fingerprint density at radius 3 is 2.30 bits per heavy atom. The van der Waals surface area contributed by atoms with Gasteiger partial charge in [0, 0.05) is 0 Å². The second-order valence-corrected chi connectivity index (χ2v) is 8.82. The smallest absolute Gasteiger partial charge is 0.306 e. The van der Waals surface area contributed by atoms with Crippen LogP contribution < -0.4 is 5.32 Å². The van der Waals surface area contributed by atoms with E-state index in [2.05, 4.69) is 15.3 Å². The van der Waals surface area contributed by atoms with Crippen LogP contribution in [-0.2, 0) is 11.2 Å². The number of carboxylic acids is 1. The molecule has 0 aliphatic rings. The highest BCUT2D eigenvalue weighted by atomic mass is 16.4. The molecule has 33 heavy (non-hydrogen) atoms. The molecule has 1 heterocycles. The number of hydrogen-bond acceptors (Lipinski definition) is 5. The van der Waals surface area contributed by atoms with E-state index in [4.69, 9.17) is 0 Å². The lowest BCUT2D eigenvalue weighted by molar-refractivity contribution is -0.143. The maximum Gasteiger partial charge on any atom is 0.306 e. The van der Waals surface area contributed by atoms with Gasteiger partial charge in [-0.2, -0.15) is 0 Å². The molecule has 0 aliphatic heterocycles. The minimum Gasteiger partial charge on any atom is -0.481 e. The van der Waals surface area contributed by atoms with Crippen molar-refractivity contribution in [1.82, 2.24) is 15.3 Å². The molecule has 7 nitrogen and oxygen atoms in total. The Labute approximate surface area is 193 Å². The number of nitrogens with zero attached hydrogens (tertiary/aromatic N) is 2. The van der Waals surface area contributed by atoms with Crippen molar-refractivity contribution in [3.8, 4) is 0 Å². The Hall–Kier alpha value is -3.32. The molecule has 0 saturated heterocycles. The fourth-order valence-electron chi connectivity index (χ4n) is 3.79. The van der Waals surface area contributed by atoms with Crippen LogP contribution in [0.2, 0.25) is 0 Å². The fourth-order valence-corrected chi connectivity index (χ4v) is 3.79. The van der Waals surface area contributed by atoms with Crippen LogP contribution in [0.5, 0.6) is 0 Å². The molecule has 0 bridgehead atoms. The van der Waals surface area contributed by atoms with Gasteiger partial charge in [0.2, 0.25) is 0 Å². The molecule has 1 amide bonds. The third-order valence-electron chi connectivity index (χ3n) is 5.73. The monoisotopic (exact) mass is 449 g/mol. The normalized spacial score (nSPS) is 14.1.